The van der Waals surface area contributed by atoms with E-state index in [4.69, 9.17) is 4.42 Å². The Morgan fingerprint density at radius 3 is 2.26 bits per heavy atom. The minimum Gasteiger partial charge on any atom is -0.469 e. The summed E-state index contributed by atoms with van der Waals surface area (Å²) in [7, 11) is 0. The number of amides is 3. The molecule has 3 N–H and O–H groups in total. The molecule has 0 aliphatic rings. The van der Waals surface area contributed by atoms with Crippen LogP contribution >= 0.6 is 0 Å². The monoisotopic (exact) mass is 364 g/mol. The summed E-state index contributed by atoms with van der Waals surface area (Å²) < 4.78 is 5.04. The predicted octanol–water partition coefficient (Wildman–Crippen LogP) is 2.31. The summed E-state index contributed by atoms with van der Waals surface area (Å²) in [6.07, 6.45) is 2.92. The average molecular weight is 364 g/mol. The lowest BCUT2D eigenvalue weighted by Crippen LogP contribution is -2.41. The standard InChI is InChI=1S/C19H16N4O4/c1-12-15(9-11-27-12)18(25)23-22-17(24)13-5-7-14(8-6-13)21-19(26)16-4-2-3-10-20-16/h2-11H,1H3,(H,21,26)(H,22,24)(H,23,25). The van der Waals surface area contributed by atoms with Gasteiger partial charge in [0.25, 0.3) is 17.7 Å². The molecule has 1 aromatic carbocycles. The molecule has 0 aliphatic heterocycles. The molecule has 0 aliphatic carbocycles. The molecule has 27 heavy (non-hydrogen) atoms. The van der Waals surface area contributed by atoms with E-state index in [1.165, 1.54) is 30.7 Å². The number of hydrogen-bond donors (Lipinski definition) is 3. The van der Waals surface area contributed by atoms with Crippen molar-refractivity contribution in [2.45, 2.75) is 6.92 Å². The number of aryl methyl sites for hydroxylation is 1. The summed E-state index contributed by atoms with van der Waals surface area (Å²) in [5.74, 6) is -0.869. The Labute approximate surface area is 154 Å². The van der Waals surface area contributed by atoms with E-state index in [-0.39, 0.29) is 11.6 Å². The van der Waals surface area contributed by atoms with Crippen LogP contribution in [0.5, 0.6) is 0 Å². The van der Waals surface area contributed by atoms with Crippen molar-refractivity contribution in [1.82, 2.24) is 15.8 Å². The second-order valence-corrected chi connectivity index (χ2v) is 5.55. The van der Waals surface area contributed by atoms with E-state index in [2.05, 4.69) is 21.2 Å². The van der Waals surface area contributed by atoms with Crippen LogP contribution in [0.3, 0.4) is 0 Å². The number of anilines is 1. The van der Waals surface area contributed by atoms with Crippen molar-refractivity contribution in [3.8, 4) is 0 Å². The van der Waals surface area contributed by atoms with Crippen LogP contribution < -0.4 is 16.2 Å². The second kappa shape index (κ2) is 7.96. The first-order valence-electron chi connectivity index (χ1n) is 8.02. The molecule has 3 amide bonds. The van der Waals surface area contributed by atoms with Gasteiger partial charge in [0, 0.05) is 17.4 Å². The smallest absolute Gasteiger partial charge is 0.274 e. The quantitative estimate of drug-likeness (QED) is 0.615. The number of nitrogens with one attached hydrogen (secondary N) is 3. The third-order valence-electron chi connectivity index (χ3n) is 3.70. The van der Waals surface area contributed by atoms with Crippen molar-refractivity contribution in [2.75, 3.05) is 5.32 Å². The van der Waals surface area contributed by atoms with Gasteiger partial charge in [0.1, 0.15) is 11.5 Å². The van der Waals surface area contributed by atoms with Gasteiger partial charge in [0.15, 0.2) is 0 Å². The fourth-order valence-corrected chi connectivity index (χ4v) is 2.27. The number of rotatable bonds is 4. The van der Waals surface area contributed by atoms with Gasteiger partial charge < -0.3 is 9.73 Å². The molecular weight excluding hydrogens is 348 g/mol. The number of benzene rings is 1. The zero-order valence-corrected chi connectivity index (χ0v) is 14.4. The van der Waals surface area contributed by atoms with Gasteiger partial charge in [-0.25, -0.2) is 0 Å². The fourth-order valence-electron chi connectivity index (χ4n) is 2.27. The van der Waals surface area contributed by atoms with Gasteiger partial charge in [0.2, 0.25) is 0 Å². The van der Waals surface area contributed by atoms with Crippen LogP contribution in [0.15, 0.2) is 65.4 Å². The van der Waals surface area contributed by atoms with Crippen LogP contribution in [0.4, 0.5) is 5.69 Å². The molecule has 0 radical (unpaired) electrons. The van der Waals surface area contributed by atoms with Crippen LogP contribution in [-0.2, 0) is 0 Å². The maximum Gasteiger partial charge on any atom is 0.274 e. The number of carbonyl (C=O) groups is 3. The summed E-state index contributed by atoms with van der Waals surface area (Å²) in [5, 5.41) is 2.69. The molecule has 0 unspecified atom stereocenters. The number of hydrogen-bond acceptors (Lipinski definition) is 5. The molecular formula is C19H16N4O4. The van der Waals surface area contributed by atoms with E-state index in [1.54, 1.807) is 37.3 Å². The molecule has 0 saturated carbocycles. The number of carbonyl (C=O) groups excluding carboxylic acids is 3. The SMILES string of the molecule is Cc1occc1C(=O)NNC(=O)c1ccc(NC(=O)c2ccccn2)cc1. The minimum atomic E-state index is -0.493. The Balaban J connectivity index is 1.56. The molecule has 2 heterocycles. The van der Waals surface area contributed by atoms with Gasteiger partial charge in [0.05, 0.1) is 11.8 Å². The first-order valence-corrected chi connectivity index (χ1v) is 8.02. The van der Waals surface area contributed by atoms with Crippen molar-refractivity contribution in [2.24, 2.45) is 0 Å². The highest BCUT2D eigenvalue weighted by molar-refractivity contribution is 6.03. The van der Waals surface area contributed by atoms with Crippen molar-refractivity contribution < 1.29 is 18.8 Å². The summed E-state index contributed by atoms with van der Waals surface area (Å²) in [6, 6.07) is 12.8. The summed E-state index contributed by atoms with van der Waals surface area (Å²) >= 11 is 0. The predicted molar refractivity (Wildman–Crippen MR) is 97.0 cm³/mol. The van der Waals surface area contributed by atoms with Gasteiger partial charge >= 0.3 is 0 Å². The summed E-state index contributed by atoms with van der Waals surface area (Å²) in [6.45, 7) is 1.65. The number of nitrogens with zero attached hydrogens (tertiary/aromatic N) is 1. The number of furan rings is 1. The lowest BCUT2D eigenvalue weighted by atomic mass is 10.2. The third kappa shape index (κ3) is 4.37. The number of pyridine rings is 1. The van der Waals surface area contributed by atoms with E-state index >= 15 is 0 Å². The molecule has 0 atom stereocenters. The first-order chi connectivity index (χ1) is 13.0. The lowest BCUT2D eigenvalue weighted by molar-refractivity contribution is 0.0845. The Kier molecular flexibility index (Phi) is 5.27. The molecule has 0 bridgehead atoms. The molecule has 3 aromatic rings. The van der Waals surface area contributed by atoms with Crippen LogP contribution in [0.25, 0.3) is 0 Å². The Morgan fingerprint density at radius 2 is 1.63 bits per heavy atom. The molecule has 8 nitrogen and oxygen atoms in total. The largest absolute Gasteiger partial charge is 0.469 e. The highest BCUT2D eigenvalue weighted by atomic mass is 16.3. The number of aromatic nitrogens is 1. The van der Waals surface area contributed by atoms with Crippen molar-refractivity contribution in [3.05, 3.63) is 83.6 Å². The van der Waals surface area contributed by atoms with Crippen LogP contribution in [0, 0.1) is 6.92 Å². The first kappa shape index (κ1) is 17.9. The molecule has 8 heteroatoms. The van der Waals surface area contributed by atoms with Crippen molar-refractivity contribution in [1.29, 1.82) is 0 Å². The van der Waals surface area contributed by atoms with Gasteiger partial charge in [-0.15, -0.1) is 0 Å². The summed E-state index contributed by atoms with van der Waals surface area (Å²) in [5.41, 5.74) is 6.09. The van der Waals surface area contributed by atoms with Crippen LogP contribution in [-0.4, -0.2) is 22.7 Å². The third-order valence-corrected chi connectivity index (χ3v) is 3.70. The Hall–Kier alpha value is -3.94. The highest BCUT2D eigenvalue weighted by Crippen LogP contribution is 2.11. The maximum absolute atomic E-state index is 12.1. The molecule has 136 valence electrons. The fraction of sp³-hybridized carbons (Fsp3) is 0.0526. The zero-order chi connectivity index (χ0) is 19.2. The van der Waals surface area contributed by atoms with Gasteiger partial charge in [-0.3, -0.25) is 30.2 Å². The van der Waals surface area contributed by atoms with Crippen molar-refractivity contribution >= 4 is 23.4 Å². The van der Waals surface area contributed by atoms with Gasteiger partial charge in [-0.05, 0) is 49.4 Å². The molecule has 2 aromatic heterocycles. The molecule has 0 spiro atoms. The zero-order valence-electron chi connectivity index (χ0n) is 14.4. The van der Waals surface area contributed by atoms with E-state index in [0.717, 1.165) is 0 Å². The molecule has 0 saturated heterocycles. The molecule has 3 rings (SSSR count). The normalized spacial score (nSPS) is 10.1. The summed E-state index contributed by atoms with van der Waals surface area (Å²) in [4.78, 5) is 40.1. The maximum atomic E-state index is 12.1. The topological polar surface area (TPSA) is 113 Å². The van der Waals surface area contributed by atoms with Gasteiger partial charge in [-0.2, -0.15) is 0 Å². The minimum absolute atomic E-state index is 0.288. The van der Waals surface area contributed by atoms with E-state index in [9.17, 15) is 14.4 Å². The van der Waals surface area contributed by atoms with E-state index < -0.39 is 11.8 Å². The average Bonchev–Trinajstić information content (AvgIpc) is 3.13. The van der Waals surface area contributed by atoms with Crippen LogP contribution in [0.2, 0.25) is 0 Å². The van der Waals surface area contributed by atoms with Gasteiger partial charge in [-0.1, -0.05) is 6.07 Å². The van der Waals surface area contributed by atoms with E-state index in [0.29, 0.717) is 22.6 Å². The lowest BCUT2D eigenvalue weighted by Gasteiger charge is -2.08. The second-order valence-electron chi connectivity index (χ2n) is 5.55. The Bertz CT molecular complexity index is 965. The Morgan fingerprint density at radius 1 is 0.889 bits per heavy atom. The van der Waals surface area contributed by atoms with Crippen molar-refractivity contribution in [3.63, 3.8) is 0 Å². The van der Waals surface area contributed by atoms with E-state index in [1.807, 2.05) is 0 Å². The van der Waals surface area contributed by atoms with Crippen LogP contribution in [0.1, 0.15) is 37.0 Å². The molecule has 0 fully saturated rings. The number of hydrazine groups is 1. The highest BCUT2D eigenvalue weighted by Gasteiger charge is 2.13.